The summed E-state index contributed by atoms with van der Waals surface area (Å²) in [6, 6.07) is 5.79. The molecule has 1 unspecified atom stereocenters. The van der Waals surface area contributed by atoms with E-state index >= 15 is 0 Å². The molecule has 184 valence electrons. The summed E-state index contributed by atoms with van der Waals surface area (Å²) in [7, 11) is -4.12. The molecule has 1 aliphatic rings. The predicted molar refractivity (Wildman–Crippen MR) is 125 cm³/mol. The maximum absolute atomic E-state index is 12.8. The Morgan fingerprint density at radius 1 is 1.18 bits per heavy atom. The number of nitrogens with one attached hydrogen (secondary N) is 1. The van der Waals surface area contributed by atoms with E-state index in [2.05, 4.69) is 14.5 Å². The molecule has 1 aromatic carbocycles. The molecular weight excluding hydrogens is 482 g/mol. The molecule has 2 aromatic rings. The molecule has 34 heavy (non-hydrogen) atoms. The maximum Gasteiger partial charge on any atom is 0.380 e. The number of hydrogen-bond donors (Lipinski definition) is 2. The van der Waals surface area contributed by atoms with Crippen LogP contribution >= 0.6 is 11.3 Å². The van der Waals surface area contributed by atoms with E-state index in [1.165, 1.54) is 33.3 Å². The van der Waals surface area contributed by atoms with Gasteiger partial charge in [0.05, 0.1) is 11.7 Å². The summed E-state index contributed by atoms with van der Waals surface area (Å²) in [6.07, 6.45) is 1.11. The van der Waals surface area contributed by atoms with Crippen molar-refractivity contribution in [3.05, 3.63) is 45.9 Å². The first-order valence-electron chi connectivity index (χ1n) is 10.7. The summed E-state index contributed by atoms with van der Waals surface area (Å²) in [5, 5.41) is 10.4. The van der Waals surface area contributed by atoms with E-state index in [0.717, 1.165) is 17.7 Å². The molecule has 1 atom stereocenters. The number of benzene rings is 1. The average molecular weight is 510 g/mol. The molecule has 1 saturated heterocycles. The lowest BCUT2D eigenvalue weighted by molar-refractivity contribution is -0.156. The lowest BCUT2D eigenvalue weighted by Gasteiger charge is -2.32. The first kappa shape index (κ1) is 25.6. The predicted octanol–water partition coefficient (Wildman–Crippen LogP) is 0.379. The maximum atomic E-state index is 12.8. The molecule has 11 nitrogen and oxygen atoms in total. The highest BCUT2D eigenvalue weighted by molar-refractivity contribution is 7.84. The normalized spacial score (nSPS) is 15.4. The van der Waals surface area contributed by atoms with Crippen LogP contribution in [0.2, 0.25) is 0 Å². The number of aromatic nitrogens is 1. The molecule has 1 aromatic heterocycles. The smallest absolute Gasteiger partial charge is 0.371 e. The number of hydrogen-bond acceptors (Lipinski definition) is 8. The minimum absolute atomic E-state index is 0.0729. The van der Waals surface area contributed by atoms with Gasteiger partial charge in [0.25, 0.3) is 0 Å². The third-order valence-electron chi connectivity index (χ3n) is 5.25. The van der Waals surface area contributed by atoms with Crippen LogP contribution < -0.4 is 14.6 Å². The van der Waals surface area contributed by atoms with Crippen molar-refractivity contribution in [1.29, 1.82) is 0 Å². The van der Waals surface area contributed by atoms with Crippen LogP contribution in [-0.4, -0.2) is 67.1 Å². The van der Waals surface area contributed by atoms with E-state index in [9.17, 15) is 22.8 Å². The summed E-state index contributed by atoms with van der Waals surface area (Å²) < 4.78 is 26.8. The molecule has 1 aliphatic heterocycles. The van der Waals surface area contributed by atoms with E-state index in [1.807, 2.05) is 12.3 Å². The Bertz CT molecular complexity index is 1150. The SMILES string of the molecule is CCc1csc(C(Cc2ccc(OS(N)(=O)=O)cc2)NC(=O)CN2CCN(CC)C(=O)C2=O)n1. The standard InChI is InChI=1S/C21H27N5O6S2/c1-3-15-13-33-19(23-15)17(11-14-5-7-16(8-6-14)32-34(22,30)31)24-18(27)12-26-10-9-25(4-2)20(28)21(26)29/h5-8,13,17H,3-4,9-12H2,1-2H3,(H,24,27)(H2,22,30,31). The van der Waals surface area contributed by atoms with Gasteiger partial charge in [-0.05, 0) is 37.5 Å². The van der Waals surface area contributed by atoms with Crippen molar-refractivity contribution in [3.63, 3.8) is 0 Å². The number of amides is 3. The number of carbonyl (C=O) groups excluding carboxylic acids is 3. The van der Waals surface area contributed by atoms with Gasteiger partial charge in [-0.1, -0.05) is 19.1 Å². The summed E-state index contributed by atoms with van der Waals surface area (Å²) in [5.74, 6) is -1.62. The summed E-state index contributed by atoms with van der Waals surface area (Å²) in [4.78, 5) is 44.6. The topological polar surface area (TPSA) is 152 Å². The van der Waals surface area contributed by atoms with Gasteiger partial charge in [0.1, 0.15) is 17.3 Å². The molecule has 3 N–H and O–H groups in total. The first-order chi connectivity index (χ1) is 16.1. The molecule has 3 rings (SSSR count). The van der Waals surface area contributed by atoms with E-state index in [1.54, 1.807) is 19.1 Å². The average Bonchev–Trinajstić information content (AvgIpc) is 3.26. The van der Waals surface area contributed by atoms with Crippen molar-refractivity contribution in [2.45, 2.75) is 32.7 Å². The van der Waals surface area contributed by atoms with Gasteiger partial charge in [-0.2, -0.15) is 13.6 Å². The number of carbonyl (C=O) groups is 3. The Hall–Kier alpha value is -3.03. The second-order valence-corrected chi connectivity index (χ2v) is 9.73. The Labute approximate surface area is 202 Å². The number of thiazole rings is 1. The quantitative estimate of drug-likeness (QED) is 0.439. The molecular formula is C21H27N5O6S2. The number of aryl methyl sites for hydroxylation is 1. The molecule has 0 bridgehead atoms. The van der Waals surface area contributed by atoms with Crippen molar-refractivity contribution in [2.75, 3.05) is 26.2 Å². The van der Waals surface area contributed by atoms with Crippen LogP contribution in [0.4, 0.5) is 0 Å². The molecule has 0 saturated carbocycles. The zero-order valence-corrected chi connectivity index (χ0v) is 20.5. The van der Waals surface area contributed by atoms with Crippen LogP contribution in [0.25, 0.3) is 0 Å². The van der Waals surface area contributed by atoms with Gasteiger partial charge in [0.2, 0.25) is 5.91 Å². The van der Waals surface area contributed by atoms with Gasteiger partial charge >= 0.3 is 22.1 Å². The number of nitrogens with two attached hydrogens (primary N) is 1. The third kappa shape index (κ3) is 6.74. The van der Waals surface area contributed by atoms with Crippen molar-refractivity contribution >= 4 is 39.4 Å². The summed E-state index contributed by atoms with van der Waals surface area (Å²) >= 11 is 1.42. The zero-order valence-electron chi connectivity index (χ0n) is 18.9. The van der Waals surface area contributed by atoms with Crippen LogP contribution in [0, 0.1) is 0 Å². The number of rotatable bonds is 10. The fourth-order valence-electron chi connectivity index (χ4n) is 3.48. The molecule has 13 heteroatoms. The Kier molecular flexibility index (Phi) is 8.23. The fraction of sp³-hybridized carbons (Fsp3) is 0.429. The number of piperazine rings is 1. The molecule has 0 aliphatic carbocycles. The number of likely N-dealkylation sites (N-methyl/N-ethyl adjacent to an activating group) is 1. The van der Waals surface area contributed by atoms with Crippen LogP contribution in [-0.2, 0) is 37.5 Å². The highest BCUT2D eigenvalue weighted by Crippen LogP contribution is 2.24. The minimum Gasteiger partial charge on any atom is -0.371 e. The van der Waals surface area contributed by atoms with Crippen LogP contribution in [0.1, 0.15) is 36.2 Å². The van der Waals surface area contributed by atoms with Gasteiger partial charge in [-0.25, -0.2) is 4.98 Å². The van der Waals surface area contributed by atoms with Gasteiger partial charge in [-0.15, -0.1) is 11.3 Å². The van der Waals surface area contributed by atoms with E-state index in [0.29, 0.717) is 31.1 Å². The van der Waals surface area contributed by atoms with Crippen molar-refractivity contribution in [2.24, 2.45) is 5.14 Å². The molecule has 0 spiro atoms. The van der Waals surface area contributed by atoms with Crippen LogP contribution in [0.15, 0.2) is 29.6 Å². The highest BCUT2D eigenvalue weighted by atomic mass is 32.2. The van der Waals surface area contributed by atoms with Crippen LogP contribution in [0.5, 0.6) is 5.75 Å². The lowest BCUT2D eigenvalue weighted by atomic mass is 10.1. The van der Waals surface area contributed by atoms with Crippen molar-refractivity contribution < 1.29 is 27.0 Å². The molecule has 0 radical (unpaired) electrons. The van der Waals surface area contributed by atoms with E-state index < -0.39 is 34.1 Å². The summed E-state index contributed by atoms with van der Waals surface area (Å²) in [5.41, 5.74) is 1.69. The fourth-order valence-corrected chi connectivity index (χ4v) is 4.81. The Morgan fingerprint density at radius 2 is 1.82 bits per heavy atom. The van der Waals surface area contributed by atoms with Crippen molar-refractivity contribution in [1.82, 2.24) is 20.1 Å². The molecule has 2 heterocycles. The van der Waals surface area contributed by atoms with E-state index in [4.69, 9.17) is 5.14 Å². The van der Waals surface area contributed by atoms with Gasteiger partial charge in [0, 0.05) is 25.0 Å². The molecule has 3 amide bonds. The van der Waals surface area contributed by atoms with Crippen LogP contribution in [0.3, 0.4) is 0 Å². The third-order valence-corrected chi connectivity index (χ3v) is 6.69. The number of nitrogens with zero attached hydrogens (tertiary/aromatic N) is 3. The van der Waals surface area contributed by atoms with Gasteiger partial charge in [-0.3, -0.25) is 14.4 Å². The second kappa shape index (κ2) is 10.9. The molecule has 1 fully saturated rings. The minimum atomic E-state index is -4.12. The summed E-state index contributed by atoms with van der Waals surface area (Å²) in [6.45, 7) is 4.67. The highest BCUT2D eigenvalue weighted by Gasteiger charge is 2.33. The van der Waals surface area contributed by atoms with Gasteiger partial charge < -0.3 is 19.3 Å². The lowest BCUT2D eigenvalue weighted by Crippen LogP contribution is -2.56. The zero-order chi connectivity index (χ0) is 24.9. The van der Waals surface area contributed by atoms with E-state index in [-0.39, 0.29) is 12.3 Å². The van der Waals surface area contributed by atoms with Crippen molar-refractivity contribution in [3.8, 4) is 5.75 Å². The monoisotopic (exact) mass is 509 g/mol. The first-order valence-corrected chi connectivity index (χ1v) is 13.1. The van der Waals surface area contributed by atoms with Gasteiger partial charge in [0.15, 0.2) is 0 Å². The largest absolute Gasteiger partial charge is 0.380 e. The Morgan fingerprint density at radius 3 is 2.41 bits per heavy atom. The second-order valence-electron chi connectivity index (χ2n) is 7.69. The Balaban J connectivity index is 1.71.